The minimum absolute atomic E-state index is 0.165. The van der Waals surface area contributed by atoms with E-state index >= 15 is 0 Å². The van der Waals surface area contributed by atoms with Crippen LogP contribution in [-0.4, -0.2) is 0 Å². The number of hydrogen-bond donors (Lipinski definition) is 1. The van der Waals surface area contributed by atoms with Crippen LogP contribution in [0.25, 0.3) is 0 Å². The normalized spacial score (nSPS) is 19.1. The van der Waals surface area contributed by atoms with Gasteiger partial charge in [0.1, 0.15) is 5.82 Å². The molecular formula is C24H24FN. The van der Waals surface area contributed by atoms with E-state index in [9.17, 15) is 4.39 Å². The zero-order valence-corrected chi connectivity index (χ0v) is 14.9. The molecule has 0 saturated heterocycles. The van der Waals surface area contributed by atoms with Gasteiger partial charge >= 0.3 is 0 Å². The Morgan fingerprint density at radius 3 is 2.35 bits per heavy atom. The van der Waals surface area contributed by atoms with Crippen LogP contribution in [-0.2, 0) is 19.4 Å². The Morgan fingerprint density at radius 1 is 0.808 bits per heavy atom. The van der Waals surface area contributed by atoms with Crippen LogP contribution >= 0.6 is 0 Å². The third kappa shape index (κ3) is 3.86. The van der Waals surface area contributed by atoms with Crippen molar-refractivity contribution in [2.24, 2.45) is 5.92 Å². The molecule has 26 heavy (non-hydrogen) atoms. The molecule has 4 rings (SSSR count). The average Bonchev–Trinajstić information content (AvgIpc) is 2.69. The first kappa shape index (κ1) is 17.0. The molecule has 1 nitrogen and oxygen atoms in total. The third-order valence-corrected chi connectivity index (χ3v) is 5.43. The zero-order valence-electron chi connectivity index (χ0n) is 14.9. The van der Waals surface area contributed by atoms with Crippen LogP contribution < -0.4 is 5.32 Å². The van der Waals surface area contributed by atoms with Gasteiger partial charge in [0.25, 0.3) is 0 Å². The molecule has 0 amide bonds. The van der Waals surface area contributed by atoms with E-state index in [4.69, 9.17) is 0 Å². The molecule has 1 N–H and O–H groups in total. The van der Waals surface area contributed by atoms with Gasteiger partial charge in [0, 0.05) is 12.6 Å². The van der Waals surface area contributed by atoms with E-state index in [0.717, 1.165) is 25.8 Å². The molecule has 1 aliphatic carbocycles. The van der Waals surface area contributed by atoms with E-state index in [2.05, 4.69) is 59.9 Å². The first-order valence-corrected chi connectivity index (χ1v) is 9.39. The van der Waals surface area contributed by atoms with Crippen molar-refractivity contribution < 1.29 is 4.39 Å². The topological polar surface area (TPSA) is 12.0 Å². The summed E-state index contributed by atoms with van der Waals surface area (Å²) < 4.78 is 13.2. The smallest absolute Gasteiger partial charge is 0.123 e. The molecule has 0 bridgehead atoms. The highest BCUT2D eigenvalue weighted by molar-refractivity contribution is 5.34. The Kier molecular flexibility index (Phi) is 5.12. The Bertz CT molecular complexity index is 842. The van der Waals surface area contributed by atoms with Crippen LogP contribution in [0.3, 0.4) is 0 Å². The van der Waals surface area contributed by atoms with E-state index in [0.29, 0.717) is 12.0 Å². The second-order valence-electron chi connectivity index (χ2n) is 7.17. The molecule has 0 radical (unpaired) electrons. The van der Waals surface area contributed by atoms with Gasteiger partial charge in [0.2, 0.25) is 0 Å². The Labute approximate surface area is 154 Å². The van der Waals surface area contributed by atoms with Crippen LogP contribution in [0.4, 0.5) is 4.39 Å². The number of benzene rings is 3. The van der Waals surface area contributed by atoms with Gasteiger partial charge in [-0.05, 0) is 59.6 Å². The number of hydrogen-bond acceptors (Lipinski definition) is 1. The lowest BCUT2D eigenvalue weighted by Gasteiger charge is -2.35. The van der Waals surface area contributed by atoms with E-state index in [1.807, 2.05) is 12.1 Å². The fourth-order valence-electron chi connectivity index (χ4n) is 4.07. The van der Waals surface area contributed by atoms with Crippen LogP contribution in [0.15, 0.2) is 78.9 Å². The summed E-state index contributed by atoms with van der Waals surface area (Å²) in [4.78, 5) is 0. The van der Waals surface area contributed by atoms with Gasteiger partial charge in [-0.2, -0.15) is 0 Å². The Balaban J connectivity index is 1.56. The van der Waals surface area contributed by atoms with E-state index in [1.54, 1.807) is 12.1 Å². The summed E-state index contributed by atoms with van der Waals surface area (Å²) in [6.07, 6.45) is 3.24. The fourth-order valence-corrected chi connectivity index (χ4v) is 4.07. The van der Waals surface area contributed by atoms with Gasteiger partial charge in [-0.1, -0.05) is 66.7 Å². The maximum absolute atomic E-state index is 13.2. The summed E-state index contributed by atoms with van der Waals surface area (Å²) in [6.45, 7) is 0.861. The van der Waals surface area contributed by atoms with Crippen LogP contribution in [0, 0.1) is 11.7 Å². The number of fused-ring (bicyclic) bond motifs is 1. The van der Waals surface area contributed by atoms with Crippen LogP contribution in [0.2, 0.25) is 0 Å². The summed E-state index contributed by atoms with van der Waals surface area (Å²) in [7, 11) is 0. The largest absolute Gasteiger partial charge is 0.306 e. The lowest BCUT2D eigenvalue weighted by molar-refractivity contribution is 0.316. The molecule has 0 aliphatic heterocycles. The zero-order chi connectivity index (χ0) is 17.8. The van der Waals surface area contributed by atoms with Crippen molar-refractivity contribution in [3.05, 3.63) is 107 Å². The molecule has 0 fully saturated rings. The summed E-state index contributed by atoms with van der Waals surface area (Å²) in [6, 6.07) is 26.6. The van der Waals surface area contributed by atoms with Crippen molar-refractivity contribution in [2.75, 3.05) is 0 Å². The van der Waals surface area contributed by atoms with Gasteiger partial charge in [0.15, 0.2) is 0 Å². The van der Waals surface area contributed by atoms with Gasteiger partial charge in [-0.25, -0.2) is 4.39 Å². The minimum atomic E-state index is -0.165. The minimum Gasteiger partial charge on any atom is -0.306 e. The molecule has 0 aromatic heterocycles. The lowest BCUT2D eigenvalue weighted by atomic mass is 9.77. The molecule has 2 unspecified atom stereocenters. The first-order valence-electron chi connectivity index (χ1n) is 9.39. The molecule has 0 saturated carbocycles. The van der Waals surface area contributed by atoms with Gasteiger partial charge in [-0.15, -0.1) is 0 Å². The highest BCUT2D eigenvalue weighted by Gasteiger charge is 2.29. The van der Waals surface area contributed by atoms with E-state index in [-0.39, 0.29) is 5.82 Å². The second kappa shape index (κ2) is 7.84. The van der Waals surface area contributed by atoms with Crippen molar-refractivity contribution in [2.45, 2.75) is 31.8 Å². The first-order chi connectivity index (χ1) is 12.8. The van der Waals surface area contributed by atoms with Crippen molar-refractivity contribution in [3.8, 4) is 0 Å². The molecule has 2 atom stereocenters. The summed E-state index contributed by atoms with van der Waals surface area (Å²) in [5.41, 5.74) is 5.38. The molecule has 3 aromatic carbocycles. The number of aryl methyl sites for hydroxylation is 1. The fraction of sp³-hybridized carbons (Fsp3) is 0.250. The molecular weight excluding hydrogens is 321 g/mol. The van der Waals surface area contributed by atoms with Gasteiger partial charge in [0.05, 0.1) is 0 Å². The lowest BCUT2D eigenvalue weighted by Crippen LogP contribution is -2.33. The molecule has 0 heterocycles. The maximum atomic E-state index is 13.2. The predicted molar refractivity (Wildman–Crippen MR) is 104 cm³/mol. The quantitative estimate of drug-likeness (QED) is 0.647. The SMILES string of the molecule is Fc1ccc(CC2CCc3ccccc3C2NCc2ccccc2)cc1. The van der Waals surface area contributed by atoms with E-state index in [1.165, 1.54) is 22.3 Å². The molecule has 1 aliphatic rings. The van der Waals surface area contributed by atoms with Crippen molar-refractivity contribution in [1.82, 2.24) is 5.32 Å². The number of halogens is 1. The molecule has 132 valence electrons. The highest BCUT2D eigenvalue weighted by Crippen LogP contribution is 2.36. The number of nitrogens with one attached hydrogen (secondary N) is 1. The van der Waals surface area contributed by atoms with E-state index < -0.39 is 0 Å². The Morgan fingerprint density at radius 2 is 1.54 bits per heavy atom. The molecule has 2 heteroatoms. The van der Waals surface area contributed by atoms with Crippen molar-refractivity contribution in [1.29, 1.82) is 0 Å². The monoisotopic (exact) mass is 345 g/mol. The summed E-state index contributed by atoms with van der Waals surface area (Å²) in [5.74, 6) is 0.348. The predicted octanol–water partition coefficient (Wildman–Crippen LogP) is 5.46. The maximum Gasteiger partial charge on any atom is 0.123 e. The van der Waals surface area contributed by atoms with Crippen molar-refractivity contribution in [3.63, 3.8) is 0 Å². The highest BCUT2D eigenvalue weighted by atomic mass is 19.1. The second-order valence-corrected chi connectivity index (χ2v) is 7.17. The summed E-state index contributed by atoms with van der Waals surface area (Å²) in [5, 5.41) is 3.80. The van der Waals surface area contributed by atoms with Gasteiger partial charge in [-0.3, -0.25) is 0 Å². The van der Waals surface area contributed by atoms with Crippen LogP contribution in [0.1, 0.15) is 34.7 Å². The summed E-state index contributed by atoms with van der Waals surface area (Å²) >= 11 is 0. The number of rotatable bonds is 5. The standard InChI is InChI=1S/C24H24FN/c25-22-14-10-18(11-15-22)16-21-13-12-20-8-4-5-9-23(20)24(21)26-17-19-6-2-1-3-7-19/h1-11,14-15,21,24,26H,12-13,16-17H2. The Hall–Kier alpha value is -2.45. The molecule has 0 spiro atoms. The molecule has 3 aromatic rings. The third-order valence-electron chi connectivity index (χ3n) is 5.43. The van der Waals surface area contributed by atoms with Crippen LogP contribution in [0.5, 0.6) is 0 Å². The van der Waals surface area contributed by atoms with Gasteiger partial charge < -0.3 is 5.32 Å². The average molecular weight is 345 g/mol. The van der Waals surface area contributed by atoms with Crippen molar-refractivity contribution >= 4 is 0 Å².